The van der Waals surface area contributed by atoms with E-state index in [2.05, 4.69) is 67.6 Å². The van der Waals surface area contributed by atoms with E-state index in [4.69, 9.17) is 0 Å². The summed E-state index contributed by atoms with van der Waals surface area (Å²) in [5.41, 5.74) is 5.62. The molecule has 0 nitrogen and oxygen atoms in total. The SMILES string of the molecule is CCCCCCc1ccccc1[C]1C=Cc2ccccc21. The third kappa shape index (κ3) is 3.10. The van der Waals surface area contributed by atoms with Crippen LogP contribution in [-0.2, 0) is 6.42 Å². The number of allylic oxidation sites excluding steroid dienone is 1. The topological polar surface area (TPSA) is 0 Å². The maximum Gasteiger partial charge on any atom is 0.0566 e. The Hall–Kier alpha value is -1.82. The van der Waals surface area contributed by atoms with Crippen molar-refractivity contribution in [1.29, 1.82) is 0 Å². The van der Waals surface area contributed by atoms with Gasteiger partial charge in [0, 0.05) is 0 Å². The molecule has 2 aromatic rings. The zero-order chi connectivity index (χ0) is 14.5. The van der Waals surface area contributed by atoms with Gasteiger partial charge in [0.25, 0.3) is 0 Å². The van der Waals surface area contributed by atoms with Crippen LogP contribution in [0.15, 0.2) is 54.6 Å². The lowest BCUT2D eigenvalue weighted by Gasteiger charge is -2.15. The molecule has 0 spiro atoms. The Balaban J connectivity index is 1.82. The molecule has 0 amide bonds. The van der Waals surface area contributed by atoms with Crippen molar-refractivity contribution in [2.24, 2.45) is 0 Å². The number of benzene rings is 2. The predicted octanol–water partition coefficient (Wildman–Crippen LogP) is 5.81. The first-order valence-electron chi connectivity index (χ1n) is 8.13. The summed E-state index contributed by atoms with van der Waals surface area (Å²) in [6.45, 7) is 2.27. The molecule has 0 heteroatoms. The van der Waals surface area contributed by atoms with Crippen LogP contribution in [0, 0.1) is 5.92 Å². The molecule has 0 unspecified atom stereocenters. The molecule has 0 saturated heterocycles. The molecular weight excluding hydrogens is 252 g/mol. The molecule has 0 atom stereocenters. The second kappa shape index (κ2) is 6.76. The van der Waals surface area contributed by atoms with Crippen molar-refractivity contribution in [2.75, 3.05) is 0 Å². The average molecular weight is 275 g/mol. The molecule has 0 aliphatic heterocycles. The van der Waals surface area contributed by atoms with Crippen molar-refractivity contribution in [3.8, 4) is 0 Å². The van der Waals surface area contributed by atoms with E-state index < -0.39 is 0 Å². The second-order valence-corrected chi connectivity index (χ2v) is 5.80. The minimum Gasteiger partial charge on any atom is -0.0674 e. The quantitative estimate of drug-likeness (QED) is 0.584. The monoisotopic (exact) mass is 275 g/mol. The van der Waals surface area contributed by atoms with Crippen molar-refractivity contribution in [2.45, 2.75) is 39.0 Å². The molecule has 1 radical (unpaired) electrons. The van der Waals surface area contributed by atoms with Crippen LogP contribution < -0.4 is 0 Å². The highest BCUT2D eigenvalue weighted by molar-refractivity contribution is 5.73. The van der Waals surface area contributed by atoms with Crippen molar-refractivity contribution < 1.29 is 0 Å². The largest absolute Gasteiger partial charge is 0.0674 e. The van der Waals surface area contributed by atoms with Gasteiger partial charge >= 0.3 is 0 Å². The molecule has 0 N–H and O–H groups in total. The maximum atomic E-state index is 2.29. The van der Waals surface area contributed by atoms with E-state index in [0.29, 0.717) is 0 Å². The highest BCUT2D eigenvalue weighted by Crippen LogP contribution is 2.36. The summed E-state index contributed by atoms with van der Waals surface area (Å²) < 4.78 is 0. The standard InChI is InChI=1S/C21H23/c1-2-3-4-5-10-17-11-6-8-13-19(17)21-16-15-18-12-7-9-14-20(18)21/h6-9,11-16H,2-5,10H2,1H3. The van der Waals surface area contributed by atoms with E-state index in [0.717, 1.165) is 0 Å². The fourth-order valence-electron chi connectivity index (χ4n) is 3.13. The van der Waals surface area contributed by atoms with Gasteiger partial charge in [0.1, 0.15) is 0 Å². The van der Waals surface area contributed by atoms with Crippen LogP contribution in [0.2, 0.25) is 0 Å². The van der Waals surface area contributed by atoms with Gasteiger partial charge < -0.3 is 0 Å². The molecule has 0 aromatic heterocycles. The molecular formula is C21H23. The minimum atomic E-state index is 1.19. The summed E-state index contributed by atoms with van der Waals surface area (Å²) in [4.78, 5) is 0. The smallest absolute Gasteiger partial charge is 0.0566 e. The summed E-state index contributed by atoms with van der Waals surface area (Å²) in [6, 6.07) is 17.6. The van der Waals surface area contributed by atoms with Crippen molar-refractivity contribution in [3.05, 3.63) is 82.8 Å². The highest BCUT2D eigenvalue weighted by Gasteiger charge is 2.21. The first kappa shape index (κ1) is 14.1. The zero-order valence-electron chi connectivity index (χ0n) is 12.8. The Morgan fingerprint density at radius 1 is 0.714 bits per heavy atom. The van der Waals surface area contributed by atoms with Gasteiger partial charge in [0.2, 0.25) is 0 Å². The molecule has 1 aliphatic carbocycles. The lowest BCUT2D eigenvalue weighted by molar-refractivity contribution is 0.665. The van der Waals surface area contributed by atoms with Crippen molar-refractivity contribution in [1.82, 2.24) is 0 Å². The van der Waals surface area contributed by atoms with Gasteiger partial charge in [-0.05, 0) is 35.1 Å². The van der Waals surface area contributed by atoms with Crippen LogP contribution in [0.4, 0.5) is 0 Å². The summed E-state index contributed by atoms with van der Waals surface area (Å²) in [6.07, 6.45) is 11.0. The summed E-state index contributed by atoms with van der Waals surface area (Å²) in [7, 11) is 0. The third-order valence-electron chi connectivity index (χ3n) is 4.29. The first-order valence-corrected chi connectivity index (χ1v) is 8.13. The molecule has 0 saturated carbocycles. The summed E-state index contributed by atoms with van der Waals surface area (Å²) >= 11 is 0. The van der Waals surface area contributed by atoms with Crippen molar-refractivity contribution in [3.63, 3.8) is 0 Å². The molecule has 21 heavy (non-hydrogen) atoms. The zero-order valence-corrected chi connectivity index (χ0v) is 12.8. The van der Waals surface area contributed by atoms with Gasteiger partial charge in [0.15, 0.2) is 0 Å². The van der Waals surface area contributed by atoms with Crippen LogP contribution in [0.1, 0.15) is 54.9 Å². The number of aryl methyl sites for hydroxylation is 1. The van der Waals surface area contributed by atoms with E-state index in [1.807, 2.05) is 0 Å². The number of unbranched alkanes of at least 4 members (excludes halogenated alkanes) is 3. The highest BCUT2D eigenvalue weighted by atomic mass is 14.2. The molecule has 3 rings (SSSR count). The Kier molecular flexibility index (Phi) is 4.55. The Bertz CT molecular complexity index is 621. The van der Waals surface area contributed by atoms with E-state index in [-0.39, 0.29) is 0 Å². The normalized spacial score (nSPS) is 13.6. The number of hydrogen-bond donors (Lipinski definition) is 0. The first-order chi connectivity index (χ1) is 10.4. The molecule has 107 valence electrons. The molecule has 1 aliphatic rings. The van der Waals surface area contributed by atoms with Crippen LogP contribution >= 0.6 is 0 Å². The van der Waals surface area contributed by atoms with Crippen LogP contribution in [0.5, 0.6) is 0 Å². The van der Waals surface area contributed by atoms with Gasteiger partial charge in [0.05, 0.1) is 5.92 Å². The van der Waals surface area contributed by atoms with Gasteiger partial charge in [-0.2, -0.15) is 0 Å². The lowest BCUT2D eigenvalue weighted by Crippen LogP contribution is -2.02. The molecule has 0 fully saturated rings. The van der Waals surface area contributed by atoms with Gasteiger partial charge in [-0.25, -0.2) is 0 Å². The van der Waals surface area contributed by atoms with Crippen LogP contribution in [0.25, 0.3) is 6.08 Å². The van der Waals surface area contributed by atoms with E-state index in [1.54, 1.807) is 0 Å². The summed E-state index contributed by atoms with van der Waals surface area (Å²) in [5.74, 6) is 1.39. The summed E-state index contributed by atoms with van der Waals surface area (Å²) in [5, 5.41) is 0. The van der Waals surface area contributed by atoms with Gasteiger partial charge in [-0.1, -0.05) is 86.9 Å². The van der Waals surface area contributed by atoms with Crippen molar-refractivity contribution >= 4 is 6.08 Å². The van der Waals surface area contributed by atoms with E-state index in [9.17, 15) is 0 Å². The fraction of sp³-hybridized carbons (Fsp3) is 0.286. The number of rotatable bonds is 6. The van der Waals surface area contributed by atoms with Crippen LogP contribution in [0.3, 0.4) is 0 Å². The maximum absolute atomic E-state index is 2.29. The predicted molar refractivity (Wildman–Crippen MR) is 91.2 cm³/mol. The number of hydrogen-bond acceptors (Lipinski definition) is 0. The Morgan fingerprint density at radius 2 is 1.48 bits per heavy atom. The van der Waals surface area contributed by atoms with E-state index >= 15 is 0 Å². The molecule has 0 bridgehead atoms. The van der Waals surface area contributed by atoms with Gasteiger partial charge in [-0.15, -0.1) is 0 Å². The Labute approximate surface area is 128 Å². The third-order valence-corrected chi connectivity index (χ3v) is 4.29. The number of fused-ring (bicyclic) bond motifs is 1. The van der Waals surface area contributed by atoms with E-state index in [1.165, 1.54) is 60.3 Å². The molecule has 2 aromatic carbocycles. The lowest BCUT2D eigenvalue weighted by atomic mass is 9.88. The second-order valence-electron chi connectivity index (χ2n) is 5.80. The molecule has 0 heterocycles. The minimum absolute atomic E-state index is 1.19. The van der Waals surface area contributed by atoms with Gasteiger partial charge in [-0.3, -0.25) is 0 Å². The average Bonchev–Trinajstić information content (AvgIpc) is 2.96. The van der Waals surface area contributed by atoms with Crippen LogP contribution in [-0.4, -0.2) is 0 Å². The fourth-order valence-corrected chi connectivity index (χ4v) is 3.13. The Morgan fingerprint density at radius 3 is 2.33 bits per heavy atom.